The molecule has 0 heterocycles. The van der Waals surface area contributed by atoms with Gasteiger partial charge in [-0.05, 0) is 27.8 Å². The topological polar surface area (TPSA) is 17.1 Å². The van der Waals surface area contributed by atoms with Crippen molar-refractivity contribution in [3.8, 4) is 0 Å². The van der Waals surface area contributed by atoms with Crippen molar-refractivity contribution in [1.82, 2.24) is 0 Å². The lowest BCUT2D eigenvalue weighted by Gasteiger charge is -2.12. The number of carbonyl (C=O) groups excluding carboxylic acids is 1. The first-order valence-corrected chi connectivity index (χ1v) is 6.27. The Kier molecular flexibility index (Phi) is 1.87. The number of fused-ring (bicyclic) bond motifs is 3. The summed E-state index contributed by atoms with van der Waals surface area (Å²) in [6.45, 7) is 0. The maximum atomic E-state index is 12.1. The molecular formula is C17H12O. The second kappa shape index (κ2) is 3.42. The molecule has 1 nitrogen and oxygen atoms in total. The lowest BCUT2D eigenvalue weighted by atomic mass is 9.90. The van der Waals surface area contributed by atoms with E-state index < -0.39 is 0 Å². The summed E-state index contributed by atoms with van der Waals surface area (Å²) < 4.78 is 0. The van der Waals surface area contributed by atoms with Gasteiger partial charge >= 0.3 is 0 Å². The summed E-state index contributed by atoms with van der Waals surface area (Å²) in [6, 6.07) is 18.5. The largest absolute Gasteiger partial charge is 0.298 e. The van der Waals surface area contributed by atoms with Gasteiger partial charge in [0.2, 0.25) is 0 Å². The van der Waals surface area contributed by atoms with Crippen LogP contribution >= 0.6 is 0 Å². The first-order chi connectivity index (χ1) is 8.86. The van der Waals surface area contributed by atoms with E-state index in [1.54, 1.807) is 0 Å². The predicted molar refractivity (Wildman–Crippen MR) is 71.9 cm³/mol. The van der Waals surface area contributed by atoms with Crippen LogP contribution in [0.5, 0.6) is 0 Å². The number of Topliss-reactive ketones (excluding diaryl/α,β-unsaturated/α-hetero) is 1. The second-order valence-corrected chi connectivity index (χ2v) is 4.93. The van der Waals surface area contributed by atoms with Gasteiger partial charge < -0.3 is 0 Å². The first-order valence-electron chi connectivity index (χ1n) is 6.27. The summed E-state index contributed by atoms with van der Waals surface area (Å²) in [5.74, 6) is 0.421. The van der Waals surface area contributed by atoms with Gasteiger partial charge in [-0.3, -0.25) is 4.79 Å². The van der Waals surface area contributed by atoms with Crippen LogP contribution in [0.3, 0.4) is 0 Å². The fourth-order valence-corrected chi connectivity index (χ4v) is 3.01. The molecular weight excluding hydrogens is 220 g/mol. The van der Waals surface area contributed by atoms with E-state index in [0.717, 1.165) is 0 Å². The highest BCUT2D eigenvalue weighted by Gasteiger charge is 2.46. The smallest absolute Gasteiger partial charge is 0.149 e. The first kappa shape index (κ1) is 9.84. The highest BCUT2D eigenvalue weighted by Crippen LogP contribution is 2.56. The Bertz CT molecular complexity index is 680. The van der Waals surface area contributed by atoms with E-state index in [-0.39, 0.29) is 5.92 Å². The van der Waals surface area contributed by atoms with Crippen molar-refractivity contribution in [2.45, 2.75) is 6.42 Å². The van der Waals surface area contributed by atoms with Gasteiger partial charge in [-0.2, -0.15) is 0 Å². The quantitative estimate of drug-likeness (QED) is 0.737. The highest BCUT2D eigenvalue weighted by molar-refractivity contribution is 6.26. The Morgan fingerprint density at radius 3 is 2.39 bits per heavy atom. The molecule has 0 N–H and O–H groups in total. The van der Waals surface area contributed by atoms with Crippen LogP contribution in [0.4, 0.5) is 0 Å². The minimum atomic E-state index is 0.0716. The molecule has 2 aliphatic rings. The van der Waals surface area contributed by atoms with Gasteiger partial charge in [0.1, 0.15) is 5.78 Å². The van der Waals surface area contributed by atoms with Gasteiger partial charge in [-0.25, -0.2) is 0 Å². The minimum absolute atomic E-state index is 0.0716. The van der Waals surface area contributed by atoms with Crippen LogP contribution in [0.2, 0.25) is 0 Å². The van der Waals surface area contributed by atoms with Crippen LogP contribution in [0.15, 0.2) is 54.6 Å². The number of allylic oxidation sites excluding steroid dienone is 2. The van der Waals surface area contributed by atoms with E-state index in [1.807, 2.05) is 24.3 Å². The van der Waals surface area contributed by atoms with Crippen molar-refractivity contribution < 1.29 is 4.79 Å². The molecule has 2 aromatic rings. The molecule has 86 valence electrons. The standard InChI is InChI=1S/C17H12O/c18-14-10-12-8-4-5-9-13(12)16-15(17(14)16)11-6-2-1-3-7-11/h1-9,17H,10H2. The van der Waals surface area contributed by atoms with E-state index in [2.05, 4.69) is 30.3 Å². The van der Waals surface area contributed by atoms with Crippen molar-refractivity contribution in [3.05, 3.63) is 71.3 Å². The summed E-state index contributed by atoms with van der Waals surface area (Å²) in [6.07, 6.45) is 0.584. The van der Waals surface area contributed by atoms with Gasteiger partial charge in [-0.15, -0.1) is 0 Å². The molecule has 0 saturated heterocycles. The molecule has 1 atom stereocenters. The Morgan fingerprint density at radius 2 is 1.56 bits per heavy atom. The van der Waals surface area contributed by atoms with E-state index >= 15 is 0 Å². The van der Waals surface area contributed by atoms with Crippen molar-refractivity contribution in [3.63, 3.8) is 0 Å². The predicted octanol–water partition coefficient (Wildman–Crippen LogP) is 3.35. The third-order valence-electron chi connectivity index (χ3n) is 3.86. The van der Waals surface area contributed by atoms with E-state index in [0.29, 0.717) is 12.2 Å². The molecule has 1 heteroatoms. The molecule has 18 heavy (non-hydrogen) atoms. The zero-order valence-corrected chi connectivity index (χ0v) is 9.89. The van der Waals surface area contributed by atoms with Gasteiger partial charge in [-0.1, -0.05) is 54.6 Å². The highest BCUT2D eigenvalue weighted by atomic mass is 16.1. The maximum absolute atomic E-state index is 12.1. The molecule has 1 unspecified atom stereocenters. The summed E-state index contributed by atoms with van der Waals surface area (Å²) in [4.78, 5) is 12.1. The average Bonchev–Trinajstić information content (AvgIpc) is 3.16. The zero-order chi connectivity index (χ0) is 12.1. The molecule has 2 aromatic carbocycles. The molecule has 0 saturated carbocycles. The van der Waals surface area contributed by atoms with Crippen molar-refractivity contribution in [2.75, 3.05) is 0 Å². The fourth-order valence-electron chi connectivity index (χ4n) is 3.01. The number of carbonyl (C=O) groups is 1. The molecule has 0 amide bonds. The summed E-state index contributed by atoms with van der Waals surface area (Å²) >= 11 is 0. The number of benzene rings is 2. The minimum Gasteiger partial charge on any atom is -0.298 e. The molecule has 2 aliphatic carbocycles. The molecule has 0 bridgehead atoms. The Morgan fingerprint density at radius 1 is 0.833 bits per heavy atom. The number of hydrogen-bond acceptors (Lipinski definition) is 1. The number of hydrogen-bond donors (Lipinski definition) is 0. The van der Waals surface area contributed by atoms with Crippen LogP contribution < -0.4 is 0 Å². The molecule has 0 fully saturated rings. The van der Waals surface area contributed by atoms with Crippen LogP contribution in [0, 0.1) is 5.92 Å². The monoisotopic (exact) mass is 232 g/mol. The van der Waals surface area contributed by atoms with Crippen molar-refractivity contribution in [2.24, 2.45) is 5.92 Å². The van der Waals surface area contributed by atoms with Crippen LogP contribution in [0.1, 0.15) is 16.7 Å². The van der Waals surface area contributed by atoms with E-state index in [4.69, 9.17) is 0 Å². The summed E-state index contributed by atoms with van der Waals surface area (Å²) in [5, 5.41) is 0. The average molecular weight is 232 g/mol. The second-order valence-electron chi connectivity index (χ2n) is 4.93. The summed E-state index contributed by atoms with van der Waals surface area (Å²) in [5.41, 5.74) is 6.15. The Labute approximate surface area is 106 Å². The third-order valence-corrected chi connectivity index (χ3v) is 3.86. The van der Waals surface area contributed by atoms with E-state index in [1.165, 1.54) is 27.8 Å². The van der Waals surface area contributed by atoms with E-state index in [9.17, 15) is 4.79 Å². The number of rotatable bonds is 1. The third kappa shape index (κ3) is 1.25. The van der Waals surface area contributed by atoms with Crippen molar-refractivity contribution in [1.29, 1.82) is 0 Å². The van der Waals surface area contributed by atoms with Crippen LogP contribution in [-0.4, -0.2) is 5.78 Å². The Balaban J connectivity index is 1.90. The molecule has 4 rings (SSSR count). The number of ketones is 1. The SMILES string of the molecule is O=C1Cc2ccccc2C2=C(c3ccccc3)C12. The molecule has 0 aliphatic heterocycles. The van der Waals surface area contributed by atoms with Gasteiger partial charge in [0.25, 0.3) is 0 Å². The van der Waals surface area contributed by atoms with Crippen LogP contribution in [-0.2, 0) is 11.2 Å². The molecule has 0 radical (unpaired) electrons. The van der Waals surface area contributed by atoms with Gasteiger partial charge in [0.15, 0.2) is 0 Å². The fraction of sp³-hybridized carbons (Fsp3) is 0.118. The maximum Gasteiger partial charge on any atom is 0.149 e. The normalized spacial score (nSPS) is 20.4. The molecule has 0 aromatic heterocycles. The van der Waals surface area contributed by atoms with Crippen molar-refractivity contribution >= 4 is 16.9 Å². The summed E-state index contributed by atoms with van der Waals surface area (Å²) in [7, 11) is 0. The Hall–Kier alpha value is -2.15. The van der Waals surface area contributed by atoms with Crippen LogP contribution in [0.25, 0.3) is 11.1 Å². The van der Waals surface area contributed by atoms with Gasteiger partial charge in [0, 0.05) is 6.42 Å². The lowest BCUT2D eigenvalue weighted by molar-refractivity contribution is -0.118. The zero-order valence-electron chi connectivity index (χ0n) is 9.89. The molecule has 0 spiro atoms. The lowest BCUT2D eigenvalue weighted by Crippen LogP contribution is -2.13. The van der Waals surface area contributed by atoms with Gasteiger partial charge in [0.05, 0.1) is 5.92 Å².